The van der Waals surface area contributed by atoms with Crippen molar-refractivity contribution in [1.82, 2.24) is 20.9 Å². The highest BCUT2D eigenvalue weighted by Gasteiger charge is 2.39. The average molecular weight is 638 g/mol. The molecule has 1 heterocycles. The van der Waals surface area contributed by atoms with E-state index in [1.807, 2.05) is 13.8 Å². The van der Waals surface area contributed by atoms with Crippen molar-refractivity contribution in [1.29, 1.82) is 0 Å². The van der Waals surface area contributed by atoms with Crippen LogP contribution in [0.2, 0.25) is 0 Å². The van der Waals surface area contributed by atoms with Gasteiger partial charge in [0.25, 0.3) is 0 Å². The number of likely N-dealkylation sites (tertiary alicyclic amines) is 1. The van der Waals surface area contributed by atoms with Crippen LogP contribution in [0.5, 0.6) is 5.75 Å². The summed E-state index contributed by atoms with van der Waals surface area (Å²) < 4.78 is 15.6. The number of primary amides is 1. The first-order chi connectivity index (χ1) is 20.6. The van der Waals surface area contributed by atoms with Crippen LogP contribution < -0.4 is 26.2 Å². The molecular weight excluding hydrogens is 593 g/mol. The van der Waals surface area contributed by atoms with Gasteiger partial charge < -0.3 is 31.1 Å². The largest absolute Gasteiger partial charge is 0.524 e. The van der Waals surface area contributed by atoms with Gasteiger partial charge in [-0.2, -0.15) is 0 Å². The summed E-state index contributed by atoms with van der Waals surface area (Å²) in [6, 6.07) is 2.79. The molecule has 2 unspecified atom stereocenters. The molecule has 1 saturated heterocycles. The Hall–Kier alpha value is -3.48. The number of rotatable bonds is 13. The van der Waals surface area contributed by atoms with Crippen LogP contribution in [-0.2, 0) is 35.0 Å². The molecule has 2 aliphatic rings. The summed E-state index contributed by atoms with van der Waals surface area (Å²) in [7, 11) is -4.74. The van der Waals surface area contributed by atoms with E-state index in [9.17, 15) is 28.5 Å². The van der Waals surface area contributed by atoms with Gasteiger partial charge in [-0.05, 0) is 62.1 Å². The van der Waals surface area contributed by atoms with E-state index in [1.165, 1.54) is 36.1 Å². The second-order valence-electron chi connectivity index (χ2n) is 12.0. The van der Waals surface area contributed by atoms with Crippen LogP contribution >= 0.6 is 7.82 Å². The first-order valence-corrected chi connectivity index (χ1v) is 16.5. The number of carbonyl (C=O) groups excluding carboxylic acids is 5. The van der Waals surface area contributed by atoms with E-state index in [0.717, 1.165) is 12.8 Å². The predicted molar refractivity (Wildman–Crippen MR) is 160 cm³/mol. The van der Waals surface area contributed by atoms with Gasteiger partial charge in [-0.1, -0.05) is 32.4 Å². The van der Waals surface area contributed by atoms with E-state index in [-0.39, 0.29) is 47.8 Å². The van der Waals surface area contributed by atoms with Crippen LogP contribution in [0.3, 0.4) is 0 Å². The molecule has 244 valence electrons. The molecule has 1 aromatic rings. The van der Waals surface area contributed by atoms with Gasteiger partial charge in [0.2, 0.25) is 29.5 Å². The summed E-state index contributed by atoms with van der Waals surface area (Å²) >= 11 is 0. The van der Waals surface area contributed by atoms with E-state index in [4.69, 9.17) is 15.5 Å². The number of hydrogen-bond acceptors (Lipinski definition) is 7. The molecule has 7 N–H and O–H groups in total. The van der Waals surface area contributed by atoms with Crippen LogP contribution in [0.15, 0.2) is 24.3 Å². The maximum Gasteiger partial charge on any atom is 0.524 e. The molecule has 0 bridgehead atoms. The summed E-state index contributed by atoms with van der Waals surface area (Å²) in [5.74, 6) is -2.43. The molecule has 1 aromatic carbocycles. The van der Waals surface area contributed by atoms with Crippen molar-refractivity contribution in [3.63, 3.8) is 0 Å². The van der Waals surface area contributed by atoms with E-state index >= 15 is 0 Å². The van der Waals surface area contributed by atoms with Crippen LogP contribution in [0, 0.1) is 11.8 Å². The number of nitrogens with two attached hydrogens (primary N) is 1. The second-order valence-corrected chi connectivity index (χ2v) is 13.2. The van der Waals surface area contributed by atoms with E-state index in [0.29, 0.717) is 44.2 Å². The minimum Gasteiger partial charge on any atom is -0.404 e. The van der Waals surface area contributed by atoms with Crippen molar-refractivity contribution in [2.75, 3.05) is 6.54 Å². The molecule has 2 fully saturated rings. The minimum absolute atomic E-state index is 0.0212. The normalized spacial score (nSPS) is 21.7. The maximum atomic E-state index is 13.8. The second kappa shape index (κ2) is 15.5. The van der Waals surface area contributed by atoms with Crippen molar-refractivity contribution in [3.8, 4) is 5.75 Å². The van der Waals surface area contributed by atoms with Gasteiger partial charge in [0.05, 0.1) is 0 Å². The van der Waals surface area contributed by atoms with Crippen molar-refractivity contribution >= 4 is 37.4 Å². The summed E-state index contributed by atoms with van der Waals surface area (Å²) in [6.45, 7) is 5.43. The molecule has 1 saturated carbocycles. The van der Waals surface area contributed by atoms with E-state index < -0.39 is 37.8 Å². The van der Waals surface area contributed by atoms with Gasteiger partial charge >= 0.3 is 7.82 Å². The molecule has 14 nitrogen and oxygen atoms in total. The van der Waals surface area contributed by atoms with Gasteiger partial charge in [-0.25, -0.2) is 4.57 Å². The fourth-order valence-electron chi connectivity index (χ4n) is 5.86. The zero-order valence-corrected chi connectivity index (χ0v) is 26.3. The highest BCUT2D eigenvalue weighted by atomic mass is 31.2. The maximum absolute atomic E-state index is 13.8. The Balaban J connectivity index is 1.71. The lowest BCUT2D eigenvalue weighted by atomic mass is 9.85. The molecule has 0 radical (unpaired) electrons. The molecular formula is C29H44N5O9P. The average Bonchev–Trinajstić information content (AvgIpc) is 3.42. The van der Waals surface area contributed by atoms with Crippen LogP contribution in [0.1, 0.15) is 71.3 Å². The molecule has 1 aliphatic carbocycles. The number of phosphoric acid groups is 1. The van der Waals surface area contributed by atoms with Crippen molar-refractivity contribution < 1.29 is 42.8 Å². The summed E-state index contributed by atoms with van der Waals surface area (Å²) in [6.07, 6.45) is 4.10. The number of nitrogens with zero attached hydrogens (tertiary/aromatic N) is 1. The lowest BCUT2D eigenvalue weighted by molar-refractivity contribution is -0.142. The van der Waals surface area contributed by atoms with Crippen LogP contribution in [-0.4, -0.2) is 74.9 Å². The number of amides is 5. The quantitative estimate of drug-likeness (QED) is 0.169. The third-order valence-corrected chi connectivity index (χ3v) is 8.31. The first-order valence-electron chi connectivity index (χ1n) is 14.9. The zero-order valence-electron chi connectivity index (χ0n) is 25.4. The smallest absolute Gasteiger partial charge is 0.404 e. The number of hydrogen-bond donors (Lipinski definition) is 6. The van der Waals surface area contributed by atoms with Gasteiger partial charge in [0.1, 0.15) is 23.9 Å². The Bertz CT molecular complexity index is 1250. The minimum atomic E-state index is -4.74. The lowest BCUT2D eigenvalue weighted by Crippen LogP contribution is -2.57. The monoisotopic (exact) mass is 637 g/mol. The Morgan fingerprint density at radius 1 is 1.02 bits per heavy atom. The van der Waals surface area contributed by atoms with Crippen LogP contribution in [0.25, 0.3) is 0 Å². The van der Waals surface area contributed by atoms with Gasteiger partial charge in [0.15, 0.2) is 0 Å². The Labute approximate surface area is 257 Å². The van der Waals surface area contributed by atoms with Crippen molar-refractivity contribution in [2.45, 2.75) is 96.3 Å². The van der Waals surface area contributed by atoms with E-state index in [1.54, 1.807) is 0 Å². The van der Waals surface area contributed by atoms with Crippen LogP contribution in [0.4, 0.5) is 0 Å². The number of benzene rings is 1. The summed E-state index contributed by atoms with van der Waals surface area (Å²) in [4.78, 5) is 83.7. The molecule has 5 atom stereocenters. The summed E-state index contributed by atoms with van der Waals surface area (Å²) in [5, 5.41) is 8.41. The molecule has 0 aromatic heterocycles. The molecule has 0 spiro atoms. The van der Waals surface area contributed by atoms with Gasteiger partial charge in [-0.15, -0.1) is 0 Å². The predicted octanol–water partition coefficient (Wildman–Crippen LogP) is 0.888. The van der Waals surface area contributed by atoms with E-state index in [2.05, 4.69) is 20.5 Å². The molecule has 44 heavy (non-hydrogen) atoms. The third-order valence-electron chi connectivity index (χ3n) is 7.86. The molecule has 1 aliphatic heterocycles. The van der Waals surface area contributed by atoms with Gasteiger partial charge in [0, 0.05) is 31.8 Å². The lowest BCUT2D eigenvalue weighted by Gasteiger charge is -2.33. The van der Waals surface area contributed by atoms with Crippen molar-refractivity contribution in [2.24, 2.45) is 17.6 Å². The third kappa shape index (κ3) is 10.6. The highest BCUT2D eigenvalue weighted by molar-refractivity contribution is 7.46. The highest BCUT2D eigenvalue weighted by Crippen LogP contribution is 2.37. The fraction of sp³-hybridized carbons (Fsp3) is 0.621. The standard InChI is InChI=1S/C29H44N5O9P/c1-17(2)14-24(29(39)34-13-5-8-25(34)28(38)32-21-7-4-6-20(16-21)26(30)36)33-27(37)23(31-18(3)35)15-19-9-11-22(12-10-19)43-44(40,41)42/h9-12,17,20-21,23-25H,4-8,13-16H2,1-3H3,(H2,30,36)(H,31,35)(H,32,38)(H,33,37)(H2,40,41,42)/t20?,21?,23-,24-,25-/m0/s1. The first kappa shape index (κ1) is 35.0. The number of nitrogens with one attached hydrogen (secondary N) is 3. The molecule has 5 amide bonds. The Morgan fingerprint density at radius 3 is 2.30 bits per heavy atom. The number of phosphoric ester groups is 1. The summed E-state index contributed by atoms with van der Waals surface area (Å²) in [5.41, 5.74) is 6.05. The Morgan fingerprint density at radius 2 is 1.70 bits per heavy atom. The zero-order chi connectivity index (χ0) is 32.6. The molecule has 3 rings (SSSR count). The fourth-order valence-corrected chi connectivity index (χ4v) is 6.26. The Kier molecular flexibility index (Phi) is 12.3. The molecule has 15 heteroatoms. The van der Waals surface area contributed by atoms with Gasteiger partial charge in [-0.3, -0.25) is 33.8 Å². The SMILES string of the molecule is CC(=O)N[C@@H](Cc1ccc(OP(=O)(O)O)cc1)C(=O)N[C@@H](CC(C)C)C(=O)N1CCC[C@H]1C(=O)NC1CCCC(C(N)=O)C1. The number of carbonyl (C=O) groups is 5. The topological polar surface area (TPSA) is 217 Å². The van der Waals surface area contributed by atoms with Crippen molar-refractivity contribution in [3.05, 3.63) is 29.8 Å².